The summed E-state index contributed by atoms with van der Waals surface area (Å²) in [7, 11) is 0. The van der Waals surface area contributed by atoms with Crippen molar-refractivity contribution < 1.29 is 39.9 Å². The van der Waals surface area contributed by atoms with E-state index < -0.39 is 37.3 Å². The summed E-state index contributed by atoms with van der Waals surface area (Å²) >= 11 is 0. The summed E-state index contributed by atoms with van der Waals surface area (Å²) in [6.45, 7) is 5.59. The van der Waals surface area contributed by atoms with Gasteiger partial charge in [-0.3, -0.25) is 0 Å². The Hall–Kier alpha value is -0.900. The van der Waals surface area contributed by atoms with Crippen molar-refractivity contribution in [3.8, 4) is 0 Å². The number of hydrogen-bond donors (Lipinski definition) is 5. The number of carbonyl (C=O) groups is 2. The van der Waals surface area contributed by atoms with Gasteiger partial charge in [-0.1, -0.05) is 0 Å². The van der Waals surface area contributed by atoms with E-state index in [4.69, 9.17) is 25.5 Å². The van der Waals surface area contributed by atoms with E-state index >= 15 is 0 Å². The van der Waals surface area contributed by atoms with Crippen LogP contribution in [-0.2, 0) is 14.3 Å². The molecule has 1 heterocycles. The molecule has 20 heavy (non-hydrogen) atoms. The molecule has 1 unspecified atom stereocenters. The molecule has 0 aromatic heterocycles. The van der Waals surface area contributed by atoms with E-state index in [2.05, 4.69) is 4.74 Å². The minimum Gasteiger partial charge on any atom is -0.394 e. The third-order valence-corrected chi connectivity index (χ3v) is 1.87. The van der Waals surface area contributed by atoms with E-state index in [1.807, 2.05) is 0 Å². The first-order chi connectivity index (χ1) is 9.04. The highest BCUT2D eigenvalue weighted by atomic mass is 16.6. The molecule has 1 saturated heterocycles. The van der Waals surface area contributed by atoms with Crippen LogP contribution in [0.4, 0.5) is 0 Å². The Kier molecular flexibility index (Phi) is 11.6. The Labute approximate surface area is 117 Å². The van der Waals surface area contributed by atoms with Crippen LogP contribution in [0.2, 0.25) is 0 Å². The number of aliphatic hydroxyl groups is 5. The second-order valence-electron chi connectivity index (χ2n) is 4.54. The van der Waals surface area contributed by atoms with Crippen LogP contribution in [0, 0.1) is 0 Å². The van der Waals surface area contributed by atoms with Crippen LogP contribution >= 0.6 is 0 Å². The molecular formula is C12H24O8. The molecule has 0 aromatic carbocycles. The van der Waals surface area contributed by atoms with Crippen LogP contribution in [0.15, 0.2) is 0 Å². The summed E-state index contributed by atoms with van der Waals surface area (Å²) in [5.74, 6) is 0.333. The van der Waals surface area contributed by atoms with Gasteiger partial charge in [0, 0.05) is 0 Å². The average molecular weight is 296 g/mol. The van der Waals surface area contributed by atoms with Crippen LogP contribution in [0.1, 0.15) is 27.7 Å². The number of hydrogen-bond acceptors (Lipinski definition) is 8. The topological polar surface area (TPSA) is 145 Å². The SMILES string of the molecule is CC(C)=O.CC(C)=O.OC[C@H]1OC(O)[C@@H](O)[C@@H](O)[C@@H]1O. The fraction of sp³-hybridized carbons (Fsp3) is 0.833. The maximum absolute atomic E-state index is 9.44. The summed E-state index contributed by atoms with van der Waals surface area (Å²) in [6.07, 6.45) is -7.04. The maximum atomic E-state index is 9.44. The predicted octanol–water partition coefficient (Wildman–Crippen LogP) is -2.03. The standard InChI is InChI=1S/C6H12O6.2C3H6O/c7-1-2-3(8)4(9)5(10)6(11)12-2;2*1-3(2)4/h2-11H,1H2;2*1-2H3/t2-,3-,4+,5+,6?;;/m1../s1. The van der Waals surface area contributed by atoms with Crippen LogP contribution in [0.25, 0.3) is 0 Å². The number of Topliss-reactive ketones (excluding diaryl/α,β-unsaturated/α-hetero) is 2. The quantitative estimate of drug-likeness (QED) is 0.372. The molecule has 8 heteroatoms. The lowest BCUT2D eigenvalue weighted by molar-refractivity contribution is -0.286. The van der Waals surface area contributed by atoms with Gasteiger partial charge in [-0.15, -0.1) is 0 Å². The third-order valence-electron chi connectivity index (χ3n) is 1.87. The van der Waals surface area contributed by atoms with E-state index in [1.54, 1.807) is 0 Å². The zero-order valence-electron chi connectivity index (χ0n) is 12.1. The lowest BCUT2D eigenvalue weighted by Gasteiger charge is -2.37. The minimum atomic E-state index is -1.57. The Morgan fingerprint density at radius 3 is 1.50 bits per heavy atom. The van der Waals surface area contributed by atoms with E-state index in [0.717, 1.165) is 0 Å². The molecule has 0 aliphatic carbocycles. The van der Waals surface area contributed by atoms with Gasteiger partial charge in [0.1, 0.15) is 36.0 Å². The molecule has 0 bridgehead atoms. The average Bonchev–Trinajstić information content (AvgIpc) is 2.29. The smallest absolute Gasteiger partial charge is 0.184 e. The lowest BCUT2D eigenvalue weighted by Crippen LogP contribution is -2.58. The number of rotatable bonds is 1. The number of aliphatic hydroxyl groups excluding tert-OH is 5. The Morgan fingerprint density at radius 1 is 0.850 bits per heavy atom. The maximum Gasteiger partial charge on any atom is 0.184 e. The highest BCUT2D eigenvalue weighted by Gasteiger charge is 2.42. The first-order valence-electron chi connectivity index (χ1n) is 5.97. The van der Waals surface area contributed by atoms with Crippen molar-refractivity contribution in [2.45, 2.75) is 58.4 Å². The molecule has 5 N–H and O–H groups in total. The lowest BCUT2D eigenvalue weighted by atomic mass is 10.00. The third kappa shape index (κ3) is 9.96. The van der Waals surface area contributed by atoms with Crippen LogP contribution in [0.5, 0.6) is 0 Å². The number of ether oxygens (including phenoxy) is 1. The van der Waals surface area contributed by atoms with E-state index in [1.165, 1.54) is 27.7 Å². The minimum absolute atomic E-state index is 0.167. The summed E-state index contributed by atoms with van der Waals surface area (Å²) in [6, 6.07) is 0. The molecule has 0 aromatic rings. The molecule has 1 aliphatic heterocycles. The monoisotopic (exact) mass is 296 g/mol. The van der Waals surface area contributed by atoms with Gasteiger partial charge in [-0.05, 0) is 27.7 Å². The molecule has 0 spiro atoms. The molecular weight excluding hydrogens is 272 g/mol. The summed E-state index contributed by atoms with van der Waals surface area (Å²) in [4.78, 5) is 18.9. The van der Waals surface area contributed by atoms with Crippen molar-refractivity contribution in [2.24, 2.45) is 0 Å². The largest absolute Gasteiger partial charge is 0.394 e. The fourth-order valence-electron chi connectivity index (χ4n) is 1.08. The number of carbonyl (C=O) groups excluding carboxylic acids is 2. The van der Waals surface area contributed by atoms with Gasteiger partial charge in [-0.2, -0.15) is 0 Å². The van der Waals surface area contributed by atoms with Gasteiger partial charge >= 0.3 is 0 Å². The molecule has 8 nitrogen and oxygen atoms in total. The zero-order chi connectivity index (χ0) is 16.5. The van der Waals surface area contributed by atoms with Crippen molar-refractivity contribution in [2.75, 3.05) is 6.61 Å². The Bertz CT molecular complexity index is 268. The highest BCUT2D eigenvalue weighted by Crippen LogP contribution is 2.18. The Morgan fingerprint density at radius 2 is 1.20 bits per heavy atom. The van der Waals surface area contributed by atoms with Crippen molar-refractivity contribution in [1.82, 2.24) is 0 Å². The Balaban J connectivity index is 0. The van der Waals surface area contributed by atoms with E-state index in [0.29, 0.717) is 0 Å². The van der Waals surface area contributed by atoms with Crippen molar-refractivity contribution in [3.63, 3.8) is 0 Å². The second-order valence-corrected chi connectivity index (χ2v) is 4.54. The van der Waals surface area contributed by atoms with Crippen molar-refractivity contribution in [1.29, 1.82) is 0 Å². The molecule has 0 saturated carbocycles. The second kappa shape index (κ2) is 10.8. The zero-order valence-corrected chi connectivity index (χ0v) is 12.1. The molecule has 5 atom stereocenters. The molecule has 0 amide bonds. The summed E-state index contributed by atoms with van der Waals surface area (Å²) in [5, 5.41) is 44.7. The van der Waals surface area contributed by atoms with E-state index in [9.17, 15) is 9.59 Å². The first kappa shape index (κ1) is 21.4. The molecule has 1 aliphatic rings. The van der Waals surface area contributed by atoms with Gasteiger partial charge in [0.2, 0.25) is 0 Å². The van der Waals surface area contributed by atoms with Gasteiger partial charge in [0.25, 0.3) is 0 Å². The normalized spacial score (nSPS) is 32.1. The first-order valence-corrected chi connectivity index (χ1v) is 5.97. The van der Waals surface area contributed by atoms with Gasteiger partial charge in [0.15, 0.2) is 6.29 Å². The molecule has 120 valence electrons. The van der Waals surface area contributed by atoms with Crippen molar-refractivity contribution >= 4 is 11.6 Å². The molecule has 0 radical (unpaired) electrons. The summed E-state index contributed by atoms with van der Waals surface area (Å²) in [5.41, 5.74) is 0. The van der Waals surface area contributed by atoms with Crippen LogP contribution in [-0.4, -0.2) is 74.4 Å². The molecule has 1 fully saturated rings. The van der Waals surface area contributed by atoms with E-state index in [-0.39, 0.29) is 11.6 Å². The van der Waals surface area contributed by atoms with Crippen LogP contribution in [0.3, 0.4) is 0 Å². The fourth-order valence-corrected chi connectivity index (χ4v) is 1.08. The highest BCUT2D eigenvalue weighted by molar-refractivity contribution is 5.72. The number of ketones is 2. The molecule has 1 rings (SSSR count). The van der Waals surface area contributed by atoms with Crippen molar-refractivity contribution in [3.05, 3.63) is 0 Å². The predicted molar refractivity (Wildman–Crippen MR) is 68.7 cm³/mol. The van der Waals surface area contributed by atoms with Crippen LogP contribution < -0.4 is 0 Å². The summed E-state index contributed by atoms with van der Waals surface area (Å²) < 4.78 is 4.58. The van der Waals surface area contributed by atoms with Gasteiger partial charge in [-0.25, -0.2) is 0 Å². The van der Waals surface area contributed by atoms with Gasteiger partial charge < -0.3 is 39.9 Å². The van der Waals surface area contributed by atoms with Gasteiger partial charge in [0.05, 0.1) is 6.61 Å².